The minimum atomic E-state index is -1.41. The van der Waals surface area contributed by atoms with Gasteiger partial charge in [-0.15, -0.1) is 0 Å². The third kappa shape index (κ3) is 3.44. The summed E-state index contributed by atoms with van der Waals surface area (Å²) < 4.78 is 0. The molecule has 1 aromatic rings. The second-order valence-corrected chi connectivity index (χ2v) is 3.48. The van der Waals surface area contributed by atoms with Crippen LogP contribution in [0, 0.1) is 0 Å². The van der Waals surface area contributed by atoms with E-state index in [0.29, 0.717) is 0 Å². The molecule has 0 aliphatic heterocycles. The van der Waals surface area contributed by atoms with Gasteiger partial charge in [-0.1, -0.05) is 0 Å². The van der Waals surface area contributed by atoms with E-state index < -0.39 is 30.2 Å². The average Bonchev–Trinajstić information content (AvgIpc) is 2.27. The number of pyridine rings is 1. The molecule has 8 nitrogen and oxygen atoms in total. The molecule has 96 valence electrons. The Morgan fingerprint density at radius 2 is 2.11 bits per heavy atom. The minimum absolute atomic E-state index is 0.103. The first kappa shape index (κ1) is 13.4. The molecule has 1 atom stereocenters. The number of carbonyl (C=O) groups is 3. The summed E-state index contributed by atoms with van der Waals surface area (Å²) >= 11 is 0. The lowest BCUT2D eigenvalue weighted by Crippen LogP contribution is -2.43. The van der Waals surface area contributed by atoms with Gasteiger partial charge in [0.25, 0.3) is 5.91 Å². The number of aromatic nitrogens is 1. The van der Waals surface area contributed by atoms with Gasteiger partial charge in [-0.05, 0) is 12.1 Å². The summed E-state index contributed by atoms with van der Waals surface area (Å²) in [5.41, 5.74) is 10.4. The van der Waals surface area contributed by atoms with Gasteiger partial charge < -0.3 is 21.9 Å². The van der Waals surface area contributed by atoms with Crippen molar-refractivity contribution >= 4 is 23.5 Å². The fourth-order valence-corrected chi connectivity index (χ4v) is 1.24. The van der Waals surface area contributed by atoms with Crippen LogP contribution in [0.1, 0.15) is 16.9 Å². The van der Waals surface area contributed by atoms with Gasteiger partial charge in [0.15, 0.2) is 5.69 Å². The summed E-state index contributed by atoms with van der Waals surface area (Å²) in [6.45, 7) is 0. The fourth-order valence-electron chi connectivity index (χ4n) is 1.24. The Bertz CT molecular complexity index is 489. The summed E-state index contributed by atoms with van der Waals surface area (Å²) in [6.07, 6.45) is 0.836. The number of rotatable bonds is 5. The van der Waals surface area contributed by atoms with Crippen LogP contribution in [-0.2, 0) is 9.59 Å². The van der Waals surface area contributed by atoms with Gasteiger partial charge in [0.2, 0.25) is 5.91 Å². The molecule has 6 N–H and O–H groups in total. The lowest BCUT2D eigenvalue weighted by Gasteiger charge is -2.12. The highest BCUT2D eigenvalue weighted by molar-refractivity contribution is 5.99. The molecular weight excluding hydrogens is 240 g/mol. The molecule has 0 bridgehead atoms. The number of anilines is 1. The van der Waals surface area contributed by atoms with Crippen molar-refractivity contribution in [2.24, 2.45) is 5.73 Å². The number of aliphatic carboxylic acids is 1. The highest BCUT2D eigenvalue weighted by atomic mass is 16.4. The molecule has 2 amide bonds. The highest BCUT2D eigenvalue weighted by Gasteiger charge is 2.23. The second-order valence-electron chi connectivity index (χ2n) is 3.48. The van der Waals surface area contributed by atoms with Gasteiger partial charge in [0, 0.05) is 6.20 Å². The number of nitrogens with zero attached hydrogens (tertiary/aromatic N) is 1. The maximum absolute atomic E-state index is 11.7. The zero-order valence-corrected chi connectivity index (χ0v) is 9.29. The van der Waals surface area contributed by atoms with E-state index in [1.54, 1.807) is 0 Å². The van der Waals surface area contributed by atoms with E-state index >= 15 is 0 Å². The van der Waals surface area contributed by atoms with E-state index in [0.717, 1.165) is 0 Å². The Kier molecular flexibility index (Phi) is 4.19. The molecule has 0 fully saturated rings. The summed E-state index contributed by atoms with van der Waals surface area (Å²) in [6, 6.07) is 1.58. The summed E-state index contributed by atoms with van der Waals surface area (Å²) in [4.78, 5) is 36.9. The van der Waals surface area contributed by atoms with Crippen LogP contribution in [0.4, 0.5) is 5.69 Å². The number of carboxylic acid groups (broad SMARTS) is 1. The quantitative estimate of drug-likeness (QED) is 0.513. The van der Waals surface area contributed by atoms with Gasteiger partial charge in [-0.3, -0.25) is 9.59 Å². The zero-order chi connectivity index (χ0) is 13.7. The van der Waals surface area contributed by atoms with Gasteiger partial charge in [0.05, 0.1) is 12.1 Å². The van der Waals surface area contributed by atoms with Crippen LogP contribution in [0.25, 0.3) is 0 Å². The number of carbonyl (C=O) groups excluding carboxylic acids is 2. The SMILES string of the molecule is NC(=O)CC(NC(=O)c1ncccc1N)C(=O)O. The van der Waals surface area contributed by atoms with Crippen molar-refractivity contribution in [1.82, 2.24) is 10.3 Å². The Morgan fingerprint density at radius 1 is 1.44 bits per heavy atom. The Morgan fingerprint density at radius 3 is 2.61 bits per heavy atom. The lowest BCUT2D eigenvalue weighted by molar-refractivity contribution is -0.140. The average molecular weight is 252 g/mol. The summed E-state index contributed by atoms with van der Waals surface area (Å²) in [5.74, 6) is -2.98. The molecule has 0 saturated carbocycles. The van der Waals surface area contributed by atoms with Crippen molar-refractivity contribution in [3.05, 3.63) is 24.0 Å². The van der Waals surface area contributed by atoms with E-state index in [1.807, 2.05) is 0 Å². The van der Waals surface area contributed by atoms with Gasteiger partial charge in [-0.2, -0.15) is 0 Å². The van der Waals surface area contributed by atoms with Gasteiger partial charge in [-0.25, -0.2) is 9.78 Å². The van der Waals surface area contributed by atoms with Crippen LogP contribution >= 0.6 is 0 Å². The van der Waals surface area contributed by atoms with E-state index in [1.165, 1.54) is 18.3 Å². The second kappa shape index (κ2) is 5.62. The predicted molar refractivity (Wildman–Crippen MR) is 61.4 cm³/mol. The number of nitrogens with one attached hydrogen (secondary N) is 1. The summed E-state index contributed by atoms with van der Waals surface area (Å²) in [7, 11) is 0. The molecule has 0 aliphatic carbocycles. The third-order valence-corrected chi connectivity index (χ3v) is 2.06. The number of amides is 2. The summed E-state index contributed by atoms with van der Waals surface area (Å²) in [5, 5.41) is 10.9. The first-order valence-corrected chi connectivity index (χ1v) is 4.94. The number of hydrogen-bond donors (Lipinski definition) is 4. The molecule has 0 saturated heterocycles. The van der Waals surface area contributed by atoms with Crippen LogP contribution in [0.3, 0.4) is 0 Å². The molecule has 1 unspecified atom stereocenters. The van der Waals surface area contributed by atoms with Crippen LogP contribution < -0.4 is 16.8 Å². The Labute approximate surface area is 102 Å². The minimum Gasteiger partial charge on any atom is -0.480 e. The molecular formula is C10H12N4O4. The molecule has 1 rings (SSSR count). The normalized spacial score (nSPS) is 11.6. The predicted octanol–water partition coefficient (Wildman–Crippen LogP) is -1.28. The van der Waals surface area contributed by atoms with Crippen molar-refractivity contribution in [3.63, 3.8) is 0 Å². The maximum atomic E-state index is 11.7. The Balaban J connectivity index is 2.82. The van der Waals surface area contributed by atoms with E-state index in [-0.39, 0.29) is 11.4 Å². The molecule has 8 heteroatoms. The fraction of sp³-hybridized carbons (Fsp3) is 0.200. The van der Waals surface area contributed by atoms with Crippen molar-refractivity contribution < 1.29 is 19.5 Å². The highest BCUT2D eigenvalue weighted by Crippen LogP contribution is 2.07. The number of primary amides is 1. The zero-order valence-electron chi connectivity index (χ0n) is 9.29. The molecule has 0 aromatic carbocycles. The third-order valence-electron chi connectivity index (χ3n) is 2.06. The first-order valence-electron chi connectivity index (χ1n) is 4.94. The monoisotopic (exact) mass is 252 g/mol. The number of hydrogen-bond acceptors (Lipinski definition) is 5. The van der Waals surface area contributed by atoms with Crippen LogP contribution in [0.15, 0.2) is 18.3 Å². The lowest BCUT2D eigenvalue weighted by atomic mass is 10.2. The van der Waals surface area contributed by atoms with Gasteiger partial charge >= 0.3 is 5.97 Å². The molecule has 0 radical (unpaired) electrons. The maximum Gasteiger partial charge on any atom is 0.326 e. The molecule has 1 aromatic heterocycles. The molecule has 18 heavy (non-hydrogen) atoms. The van der Waals surface area contributed by atoms with E-state index in [4.69, 9.17) is 16.6 Å². The van der Waals surface area contributed by atoms with Crippen molar-refractivity contribution in [3.8, 4) is 0 Å². The Hall–Kier alpha value is -2.64. The molecule has 1 heterocycles. The van der Waals surface area contributed by atoms with E-state index in [2.05, 4.69) is 10.3 Å². The number of carboxylic acids is 1. The number of nitrogens with two attached hydrogens (primary N) is 2. The standard InChI is InChI=1S/C10H12N4O4/c11-5-2-1-3-13-8(5)9(16)14-6(10(17)18)4-7(12)15/h1-3,6H,4,11H2,(H2,12,15)(H,14,16)(H,17,18). The largest absolute Gasteiger partial charge is 0.480 e. The van der Waals surface area contributed by atoms with Crippen molar-refractivity contribution in [2.45, 2.75) is 12.5 Å². The van der Waals surface area contributed by atoms with Crippen molar-refractivity contribution in [2.75, 3.05) is 5.73 Å². The van der Waals surface area contributed by atoms with Gasteiger partial charge in [0.1, 0.15) is 6.04 Å². The smallest absolute Gasteiger partial charge is 0.326 e. The molecule has 0 aliphatic rings. The number of nitrogen functional groups attached to an aromatic ring is 1. The van der Waals surface area contributed by atoms with Crippen LogP contribution in [-0.4, -0.2) is 33.9 Å². The molecule has 0 spiro atoms. The van der Waals surface area contributed by atoms with E-state index in [9.17, 15) is 14.4 Å². The van der Waals surface area contributed by atoms with Crippen LogP contribution in [0.2, 0.25) is 0 Å². The first-order chi connectivity index (χ1) is 8.41. The van der Waals surface area contributed by atoms with Crippen molar-refractivity contribution in [1.29, 1.82) is 0 Å². The topological polar surface area (TPSA) is 148 Å². The van der Waals surface area contributed by atoms with Crippen LogP contribution in [0.5, 0.6) is 0 Å².